The summed E-state index contributed by atoms with van der Waals surface area (Å²) in [5, 5.41) is 2.51. The molecule has 0 radical (unpaired) electrons. The van der Waals surface area contributed by atoms with Crippen molar-refractivity contribution < 1.29 is 14.3 Å². The van der Waals surface area contributed by atoms with Crippen LogP contribution < -0.4 is 20.9 Å². The molecule has 0 aromatic heterocycles. The van der Waals surface area contributed by atoms with Gasteiger partial charge in [-0.05, 0) is 59.1 Å². The van der Waals surface area contributed by atoms with Gasteiger partial charge in [-0.25, -0.2) is 0 Å². The van der Waals surface area contributed by atoms with Crippen LogP contribution in [0.5, 0.6) is 5.75 Å². The number of ether oxygens (including phenoxy) is 1. The summed E-state index contributed by atoms with van der Waals surface area (Å²) in [5.41, 5.74) is 8.69. The summed E-state index contributed by atoms with van der Waals surface area (Å²) in [6.45, 7) is 3.96. The lowest BCUT2D eigenvalue weighted by Crippen LogP contribution is -2.49. The van der Waals surface area contributed by atoms with Gasteiger partial charge in [0.25, 0.3) is 11.8 Å². The van der Waals surface area contributed by atoms with E-state index in [1.807, 2.05) is 54.6 Å². The van der Waals surface area contributed by atoms with Crippen molar-refractivity contribution in [3.8, 4) is 16.9 Å². The highest BCUT2D eigenvalue weighted by molar-refractivity contribution is 7.80. The number of nitrogens with one attached hydrogen (secondary N) is 3. The number of hydrazine groups is 1. The van der Waals surface area contributed by atoms with Gasteiger partial charge in [-0.2, -0.15) is 0 Å². The summed E-state index contributed by atoms with van der Waals surface area (Å²) >= 11 is 5.06. The molecule has 3 N–H and O–H groups in total. The van der Waals surface area contributed by atoms with Crippen molar-refractivity contribution in [2.75, 3.05) is 6.61 Å². The summed E-state index contributed by atoms with van der Waals surface area (Å²) in [7, 11) is 0. The smallest absolute Gasteiger partial charge is 0.276 e. The number of thiocarbonyl (C=S) groups is 1. The normalized spacial score (nSPS) is 10.3. The van der Waals surface area contributed by atoms with Gasteiger partial charge < -0.3 is 4.74 Å². The molecule has 2 amide bonds. The van der Waals surface area contributed by atoms with E-state index in [0.717, 1.165) is 16.7 Å². The molecule has 7 heteroatoms. The van der Waals surface area contributed by atoms with E-state index >= 15 is 0 Å². The second kappa shape index (κ2) is 11.1. The molecule has 164 valence electrons. The number of hydrogen-bond donors (Lipinski definition) is 3. The molecule has 0 fully saturated rings. The third kappa shape index (κ3) is 6.65. The van der Waals surface area contributed by atoms with E-state index in [1.165, 1.54) is 0 Å². The van der Waals surface area contributed by atoms with E-state index in [1.54, 1.807) is 24.3 Å². The average Bonchev–Trinajstić information content (AvgIpc) is 2.82. The minimum Gasteiger partial charge on any atom is -0.484 e. The predicted octanol–water partition coefficient (Wildman–Crippen LogP) is 4.19. The van der Waals surface area contributed by atoms with E-state index in [4.69, 9.17) is 17.0 Å². The Morgan fingerprint density at radius 3 is 2.09 bits per heavy atom. The van der Waals surface area contributed by atoms with E-state index in [-0.39, 0.29) is 17.6 Å². The molecule has 6 nitrogen and oxygen atoms in total. The van der Waals surface area contributed by atoms with Crippen molar-refractivity contribution in [2.45, 2.75) is 19.8 Å². The molecule has 0 aliphatic rings. The van der Waals surface area contributed by atoms with Crippen LogP contribution in [0.25, 0.3) is 11.1 Å². The van der Waals surface area contributed by atoms with Gasteiger partial charge in [-0.1, -0.05) is 68.4 Å². The zero-order valence-corrected chi connectivity index (χ0v) is 18.7. The first-order valence-corrected chi connectivity index (χ1v) is 10.6. The Balaban J connectivity index is 1.40. The predicted molar refractivity (Wildman–Crippen MR) is 129 cm³/mol. The van der Waals surface area contributed by atoms with Crippen LogP contribution in [0.3, 0.4) is 0 Å². The Kier molecular flexibility index (Phi) is 7.94. The molecular formula is C25H25N3O3S. The summed E-state index contributed by atoms with van der Waals surface area (Å²) in [6, 6.07) is 24.7. The van der Waals surface area contributed by atoms with E-state index in [0.29, 0.717) is 17.2 Å². The lowest BCUT2D eigenvalue weighted by Gasteiger charge is -2.12. The quantitative estimate of drug-likeness (QED) is 0.390. The number of carbonyl (C=O) groups is 2. The Morgan fingerprint density at radius 2 is 1.47 bits per heavy atom. The molecular weight excluding hydrogens is 422 g/mol. The third-order valence-corrected chi connectivity index (χ3v) is 4.92. The molecule has 0 aliphatic heterocycles. The first kappa shape index (κ1) is 23.0. The molecule has 0 saturated heterocycles. The van der Waals surface area contributed by atoms with Crippen molar-refractivity contribution in [1.29, 1.82) is 0 Å². The maximum Gasteiger partial charge on any atom is 0.276 e. The lowest BCUT2D eigenvalue weighted by atomic mass is 10.0. The highest BCUT2D eigenvalue weighted by Crippen LogP contribution is 2.22. The topological polar surface area (TPSA) is 79.5 Å². The first-order chi connectivity index (χ1) is 15.4. The summed E-state index contributed by atoms with van der Waals surface area (Å²) in [6.07, 6.45) is 0. The number of rotatable bonds is 6. The van der Waals surface area contributed by atoms with Crippen LogP contribution in [0.1, 0.15) is 35.7 Å². The molecule has 0 saturated carbocycles. The van der Waals surface area contributed by atoms with Crippen LogP contribution >= 0.6 is 12.2 Å². The maximum atomic E-state index is 12.2. The first-order valence-electron chi connectivity index (χ1n) is 10.2. The Bertz CT molecular complexity index is 1070. The van der Waals surface area contributed by atoms with Gasteiger partial charge in [0.05, 0.1) is 0 Å². The maximum absolute atomic E-state index is 12.2. The Labute approximate surface area is 193 Å². The van der Waals surface area contributed by atoms with E-state index in [9.17, 15) is 9.59 Å². The molecule has 0 aliphatic carbocycles. The van der Waals surface area contributed by atoms with Gasteiger partial charge in [0.15, 0.2) is 11.7 Å². The average molecular weight is 448 g/mol. The number of benzene rings is 3. The minimum atomic E-state index is -0.435. The van der Waals surface area contributed by atoms with Crippen LogP contribution in [0.15, 0.2) is 78.9 Å². The molecule has 32 heavy (non-hydrogen) atoms. The van der Waals surface area contributed by atoms with Gasteiger partial charge >= 0.3 is 0 Å². The number of amides is 2. The number of hydrogen-bond acceptors (Lipinski definition) is 4. The summed E-state index contributed by atoms with van der Waals surface area (Å²) in [5.74, 6) is 0.159. The second-order valence-electron chi connectivity index (χ2n) is 7.41. The van der Waals surface area contributed by atoms with Crippen molar-refractivity contribution in [2.24, 2.45) is 0 Å². The largest absolute Gasteiger partial charge is 0.484 e. The van der Waals surface area contributed by atoms with Crippen LogP contribution in [0.4, 0.5) is 0 Å². The van der Waals surface area contributed by atoms with Crippen LogP contribution in [0, 0.1) is 0 Å². The van der Waals surface area contributed by atoms with Gasteiger partial charge in [0.1, 0.15) is 5.75 Å². The van der Waals surface area contributed by atoms with E-state index in [2.05, 4.69) is 30.0 Å². The van der Waals surface area contributed by atoms with Crippen LogP contribution in [-0.2, 0) is 4.79 Å². The van der Waals surface area contributed by atoms with Crippen LogP contribution in [0.2, 0.25) is 0 Å². The molecule has 0 atom stereocenters. The van der Waals surface area contributed by atoms with Crippen molar-refractivity contribution in [3.63, 3.8) is 0 Å². The standard InChI is InChI=1S/C25H25N3O3S/c1-17(2)18-8-10-21(11-9-18)24(30)26-25(32)28-27-23(29)16-31-22-14-12-20(13-15-22)19-6-4-3-5-7-19/h3-15,17H,16H2,1-2H3,(H,27,29)(H2,26,28,30,32). The molecule has 0 heterocycles. The van der Waals surface area contributed by atoms with Gasteiger partial charge in [0, 0.05) is 5.56 Å². The molecule has 3 rings (SSSR count). The Hall–Kier alpha value is -3.71. The fourth-order valence-electron chi connectivity index (χ4n) is 2.91. The van der Waals surface area contributed by atoms with Crippen molar-refractivity contribution in [1.82, 2.24) is 16.2 Å². The highest BCUT2D eigenvalue weighted by atomic mass is 32.1. The SMILES string of the molecule is CC(C)c1ccc(C(=O)NC(=S)NNC(=O)COc2ccc(-c3ccccc3)cc2)cc1. The monoisotopic (exact) mass is 447 g/mol. The fraction of sp³-hybridized carbons (Fsp3) is 0.160. The second-order valence-corrected chi connectivity index (χ2v) is 7.82. The number of carbonyl (C=O) groups excluding carboxylic acids is 2. The molecule has 3 aromatic rings. The van der Waals surface area contributed by atoms with Crippen molar-refractivity contribution in [3.05, 3.63) is 90.0 Å². The van der Waals surface area contributed by atoms with Gasteiger partial charge in [-0.3, -0.25) is 25.8 Å². The van der Waals surface area contributed by atoms with Crippen LogP contribution in [-0.4, -0.2) is 23.5 Å². The van der Waals surface area contributed by atoms with Crippen molar-refractivity contribution >= 4 is 29.1 Å². The fourth-order valence-corrected chi connectivity index (χ4v) is 3.06. The molecule has 0 unspecified atom stereocenters. The molecule has 3 aromatic carbocycles. The van der Waals surface area contributed by atoms with Gasteiger partial charge in [0.2, 0.25) is 0 Å². The highest BCUT2D eigenvalue weighted by Gasteiger charge is 2.10. The van der Waals surface area contributed by atoms with Gasteiger partial charge in [-0.15, -0.1) is 0 Å². The summed E-state index contributed by atoms with van der Waals surface area (Å²) in [4.78, 5) is 24.2. The minimum absolute atomic E-state index is 0.0106. The molecule has 0 bridgehead atoms. The Morgan fingerprint density at radius 1 is 0.844 bits per heavy atom. The zero-order valence-electron chi connectivity index (χ0n) is 17.9. The third-order valence-electron chi connectivity index (χ3n) is 4.71. The molecule has 0 spiro atoms. The lowest BCUT2D eigenvalue weighted by molar-refractivity contribution is -0.123. The zero-order chi connectivity index (χ0) is 22.9. The summed E-state index contributed by atoms with van der Waals surface area (Å²) < 4.78 is 5.49. The van der Waals surface area contributed by atoms with E-state index < -0.39 is 5.91 Å².